The fourth-order valence-electron chi connectivity index (χ4n) is 6.85. The van der Waals surface area contributed by atoms with Crippen LogP contribution in [0.5, 0.6) is 0 Å². The van der Waals surface area contributed by atoms with Crippen molar-refractivity contribution >= 4 is 11.6 Å². The van der Waals surface area contributed by atoms with E-state index in [0.717, 1.165) is 0 Å². The summed E-state index contributed by atoms with van der Waals surface area (Å²) >= 11 is 0. The number of alkyl halides is 1. The molecule has 0 aromatic rings. The number of aliphatic hydroxyl groups excluding tert-OH is 3. The maximum atomic E-state index is 16.8. The minimum atomic E-state index is -2.23. The molecule has 4 rings (SSSR count). The molecule has 0 aromatic carbocycles. The number of halogens is 1. The molecule has 0 aromatic heterocycles. The zero-order valence-corrected chi connectivity index (χ0v) is 16.1. The Balaban J connectivity index is 1.84. The van der Waals surface area contributed by atoms with Crippen LogP contribution in [0, 0.1) is 22.7 Å². The molecule has 154 valence electrons. The van der Waals surface area contributed by atoms with Crippen LogP contribution in [-0.2, 0) is 9.59 Å². The third kappa shape index (κ3) is 2.01. The standard InChI is InChI=1S/C21H27FO6/c1-18-6-5-12(24)7-11(18)3-4-13-14-8-15(25)21(28,17(27)10-23)19(14,2)9-16(26)20(13,18)22/h5-7,13-16,23,25-26,28H,3-4,8-10H2,1-2H3/t13-,14-,15+,16-,18-,19-,20-,21-/m1/s1. The molecule has 0 aliphatic heterocycles. The number of hydrogen-bond acceptors (Lipinski definition) is 6. The van der Waals surface area contributed by atoms with E-state index in [1.54, 1.807) is 13.8 Å². The van der Waals surface area contributed by atoms with E-state index in [4.69, 9.17) is 0 Å². The summed E-state index contributed by atoms with van der Waals surface area (Å²) in [5.74, 6) is -2.38. The smallest absolute Gasteiger partial charge is 0.192 e. The summed E-state index contributed by atoms with van der Waals surface area (Å²) in [6, 6.07) is 0. The van der Waals surface area contributed by atoms with Crippen LogP contribution in [0.15, 0.2) is 23.8 Å². The van der Waals surface area contributed by atoms with Gasteiger partial charge >= 0.3 is 0 Å². The summed E-state index contributed by atoms with van der Waals surface area (Å²) in [6.45, 7) is 2.33. The fourth-order valence-corrected chi connectivity index (χ4v) is 6.85. The van der Waals surface area contributed by atoms with Crippen molar-refractivity contribution in [3.05, 3.63) is 23.8 Å². The Hall–Kier alpha value is -1.41. The van der Waals surface area contributed by atoms with Crippen molar-refractivity contribution in [1.29, 1.82) is 0 Å². The predicted molar refractivity (Wildman–Crippen MR) is 96.8 cm³/mol. The third-order valence-corrected chi connectivity index (χ3v) is 8.43. The Morgan fingerprint density at radius 1 is 1.25 bits per heavy atom. The van der Waals surface area contributed by atoms with Crippen LogP contribution in [0.1, 0.15) is 39.5 Å². The fraction of sp³-hybridized carbons (Fsp3) is 0.714. The predicted octanol–water partition coefficient (Wildman–Crippen LogP) is 0.620. The number of carbonyl (C=O) groups excluding carboxylic acids is 2. The molecule has 6 nitrogen and oxygen atoms in total. The Bertz CT molecular complexity index is 807. The van der Waals surface area contributed by atoms with Crippen molar-refractivity contribution in [2.75, 3.05) is 6.61 Å². The van der Waals surface area contributed by atoms with Crippen LogP contribution in [0.25, 0.3) is 0 Å². The second-order valence-corrected chi connectivity index (χ2v) is 9.36. The molecular weight excluding hydrogens is 367 g/mol. The van der Waals surface area contributed by atoms with E-state index in [1.165, 1.54) is 18.2 Å². The Morgan fingerprint density at radius 3 is 2.57 bits per heavy atom. The van der Waals surface area contributed by atoms with Gasteiger partial charge in [-0.15, -0.1) is 0 Å². The van der Waals surface area contributed by atoms with E-state index >= 15 is 4.39 Å². The highest BCUT2D eigenvalue weighted by Crippen LogP contribution is 2.69. The molecule has 0 amide bonds. The van der Waals surface area contributed by atoms with E-state index in [0.29, 0.717) is 18.4 Å². The van der Waals surface area contributed by atoms with Gasteiger partial charge in [0.1, 0.15) is 6.61 Å². The molecule has 0 bridgehead atoms. The van der Waals surface area contributed by atoms with Crippen molar-refractivity contribution in [3.8, 4) is 0 Å². The number of carbonyl (C=O) groups is 2. The SMILES string of the molecule is C[C@@]12C=CC(=O)C=C1CC[C@@H]1[C@H]3C[C@H](O)[C@@](O)(C(=O)CO)[C@]3(C)C[C@@H](O)[C@]12F. The van der Waals surface area contributed by atoms with Gasteiger partial charge in [-0.3, -0.25) is 9.59 Å². The Kier molecular flexibility index (Phi) is 4.13. The summed E-state index contributed by atoms with van der Waals surface area (Å²) in [7, 11) is 0. The molecule has 3 saturated carbocycles. The first kappa shape index (κ1) is 19.9. The van der Waals surface area contributed by atoms with E-state index < -0.39 is 58.5 Å². The Morgan fingerprint density at radius 2 is 1.93 bits per heavy atom. The molecule has 0 spiro atoms. The molecule has 0 radical (unpaired) electrons. The molecule has 0 heterocycles. The maximum Gasteiger partial charge on any atom is 0.192 e. The summed E-state index contributed by atoms with van der Waals surface area (Å²) in [5, 5.41) is 42.1. The number of hydrogen-bond donors (Lipinski definition) is 4. The number of fused-ring (bicyclic) bond motifs is 5. The van der Waals surface area contributed by atoms with Crippen LogP contribution < -0.4 is 0 Å². The van der Waals surface area contributed by atoms with Gasteiger partial charge in [0.2, 0.25) is 0 Å². The largest absolute Gasteiger partial charge is 0.390 e. The van der Waals surface area contributed by atoms with Gasteiger partial charge in [-0.1, -0.05) is 18.6 Å². The normalized spacial score (nSPS) is 52.5. The number of aliphatic hydroxyl groups is 4. The van der Waals surface area contributed by atoms with E-state index in [9.17, 15) is 30.0 Å². The molecule has 4 aliphatic carbocycles. The van der Waals surface area contributed by atoms with Crippen LogP contribution >= 0.6 is 0 Å². The van der Waals surface area contributed by atoms with Crippen molar-refractivity contribution in [2.45, 2.75) is 63.0 Å². The molecule has 8 atom stereocenters. The molecule has 4 N–H and O–H groups in total. The quantitative estimate of drug-likeness (QED) is 0.546. The molecule has 4 aliphatic rings. The third-order valence-electron chi connectivity index (χ3n) is 8.43. The zero-order valence-electron chi connectivity index (χ0n) is 16.1. The lowest BCUT2D eigenvalue weighted by molar-refractivity contribution is -0.222. The van der Waals surface area contributed by atoms with Gasteiger partial charge in [0.15, 0.2) is 22.8 Å². The zero-order chi connectivity index (χ0) is 20.7. The molecule has 0 saturated heterocycles. The van der Waals surface area contributed by atoms with Crippen molar-refractivity contribution < 1.29 is 34.4 Å². The number of allylic oxidation sites excluding steroid dienone is 4. The van der Waals surface area contributed by atoms with Crippen molar-refractivity contribution in [1.82, 2.24) is 0 Å². The molecule has 3 fully saturated rings. The summed E-state index contributed by atoms with van der Waals surface area (Å²) in [4.78, 5) is 24.2. The minimum Gasteiger partial charge on any atom is -0.390 e. The summed E-state index contributed by atoms with van der Waals surface area (Å²) in [5.41, 5.74) is -6.12. The van der Waals surface area contributed by atoms with Crippen molar-refractivity contribution in [2.24, 2.45) is 22.7 Å². The topological polar surface area (TPSA) is 115 Å². The van der Waals surface area contributed by atoms with E-state index in [1.807, 2.05) is 0 Å². The molecular formula is C21H27FO6. The summed E-state index contributed by atoms with van der Waals surface area (Å²) in [6.07, 6.45) is 1.93. The van der Waals surface area contributed by atoms with Gasteiger partial charge < -0.3 is 20.4 Å². The lowest BCUT2D eigenvalue weighted by atomic mass is 9.44. The average Bonchev–Trinajstić information content (AvgIpc) is 2.84. The van der Waals surface area contributed by atoms with Crippen LogP contribution in [0.3, 0.4) is 0 Å². The monoisotopic (exact) mass is 394 g/mol. The minimum absolute atomic E-state index is 0.0135. The highest BCUT2D eigenvalue weighted by atomic mass is 19.1. The van der Waals surface area contributed by atoms with Gasteiger partial charge in [-0.05, 0) is 50.7 Å². The average molecular weight is 394 g/mol. The second-order valence-electron chi connectivity index (χ2n) is 9.36. The van der Waals surface area contributed by atoms with Gasteiger partial charge in [-0.2, -0.15) is 0 Å². The highest BCUT2D eigenvalue weighted by molar-refractivity contribution is 6.01. The first-order valence-electron chi connectivity index (χ1n) is 9.82. The van der Waals surface area contributed by atoms with Gasteiger partial charge in [0, 0.05) is 16.7 Å². The maximum absolute atomic E-state index is 16.8. The molecule has 7 heteroatoms. The molecule has 28 heavy (non-hydrogen) atoms. The summed E-state index contributed by atoms with van der Waals surface area (Å²) < 4.78 is 16.8. The van der Waals surface area contributed by atoms with E-state index in [2.05, 4.69) is 0 Å². The number of ketones is 2. The van der Waals surface area contributed by atoms with Gasteiger partial charge in [0.25, 0.3) is 0 Å². The number of rotatable bonds is 2. The lowest BCUT2D eigenvalue weighted by Gasteiger charge is -2.62. The van der Waals surface area contributed by atoms with Gasteiger partial charge in [0.05, 0.1) is 12.2 Å². The molecule has 0 unspecified atom stereocenters. The van der Waals surface area contributed by atoms with Crippen molar-refractivity contribution in [3.63, 3.8) is 0 Å². The van der Waals surface area contributed by atoms with Gasteiger partial charge in [-0.25, -0.2) is 4.39 Å². The number of Topliss-reactive ketones (excluding diaryl/α,β-unsaturated/α-hetero) is 1. The van der Waals surface area contributed by atoms with Crippen LogP contribution in [0.2, 0.25) is 0 Å². The van der Waals surface area contributed by atoms with E-state index in [-0.39, 0.29) is 18.6 Å². The lowest BCUT2D eigenvalue weighted by Crippen LogP contribution is -2.69. The van der Waals surface area contributed by atoms with Crippen LogP contribution in [-0.4, -0.2) is 62.1 Å². The van der Waals surface area contributed by atoms with Crippen LogP contribution in [0.4, 0.5) is 4.39 Å². The second kappa shape index (κ2) is 5.81. The first-order chi connectivity index (χ1) is 13.0. The highest BCUT2D eigenvalue weighted by Gasteiger charge is 2.76. The Labute approximate surface area is 162 Å². The first-order valence-corrected chi connectivity index (χ1v) is 9.82.